The topological polar surface area (TPSA) is 76.0 Å². The molecule has 0 spiro atoms. The zero-order chi connectivity index (χ0) is 16.6. The molecule has 0 bridgehead atoms. The summed E-state index contributed by atoms with van der Waals surface area (Å²) in [5.41, 5.74) is 2.41. The van der Waals surface area contributed by atoms with Gasteiger partial charge in [-0.3, -0.25) is 9.89 Å². The van der Waals surface area contributed by atoms with Crippen molar-refractivity contribution in [3.63, 3.8) is 0 Å². The van der Waals surface area contributed by atoms with Gasteiger partial charge in [-0.05, 0) is 20.8 Å². The van der Waals surface area contributed by atoms with E-state index < -0.39 is 0 Å². The minimum atomic E-state index is -0.0626. The Labute approximate surface area is 135 Å². The van der Waals surface area contributed by atoms with Crippen molar-refractivity contribution in [3.8, 4) is 0 Å². The van der Waals surface area contributed by atoms with Crippen LogP contribution in [0.3, 0.4) is 0 Å². The number of hydrogen-bond acceptors (Lipinski definition) is 4. The van der Waals surface area contributed by atoms with Crippen molar-refractivity contribution in [2.24, 2.45) is 7.05 Å². The molecule has 1 N–H and O–H groups in total. The van der Waals surface area contributed by atoms with E-state index in [1.165, 1.54) is 0 Å². The molecule has 2 aromatic rings. The number of aromatic nitrogens is 4. The maximum Gasteiger partial charge on any atom is 0.275 e. The van der Waals surface area contributed by atoms with Crippen LogP contribution >= 0.6 is 0 Å². The molecule has 7 nitrogen and oxygen atoms in total. The number of imidazole rings is 1. The van der Waals surface area contributed by atoms with Crippen molar-refractivity contribution >= 4 is 5.91 Å². The molecular weight excluding hydrogens is 294 g/mol. The van der Waals surface area contributed by atoms with Crippen molar-refractivity contribution in [3.05, 3.63) is 35.2 Å². The molecule has 3 rings (SSSR count). The molecule has 0 unspecified atom stereocenters. The Kier molecular flexibility index (Phi) is 4.21. The average Bonchev–Trinajstić information content (AvgIpc) is 3.10. The highest BCUT2D eigenvalue weighted by Gasteiger charge is 2.31. The zero-order valence-corrected chi connectivity index (χ0v) is 14.0. The molecule has 2 aromatic heterocycles. The lowest BCUT2D eigenvalue weighted by Gasteiger charge is -2.26. The first-order chi connectivity index (χ1) is 11.0. The minimum Gasteiger partial charge on any atom is -0.369 e. The predicted molar refractivity (Wildman–Crippen MR) is 84.9 cm³/mol. The van der Waals surface area contributed by atoms with Crippen LogP contribution < -0.4 is 0 Å². The lowest BCUT2D eigenvalue weighted by molar-refractivity contribution is -0.00702. The second-order valence-corrected chi connectivity index (χ2v) is 6.03. The number of carbonyl (C=O) groups excluding carboxylic acids is 1. The molecule has 0 radical (unpaired) electrons. The summed E-state index contributed by atoms with van der Waals surface area (Å²) in [6, 6.07) is 0. The van der Waals surface area contributed by atoms with Crippen molar-refractivity contribution in [2.45, 2.75) is 45.9 Å². The van der Waals surface area contributed by atoms with Gasteiger partial charge in [-0.25, -0.2) is 4.98 Å². The van der Waals surface area contributed by atoms with E-state index in [-0.39, 0.29) is 18.1 Å². The fourth-order valence-electron chi connectivity index (χ4n) is 3.05. The van der Waals surface area contributed by atoms with Crippen LogP contribution in [0.4, 0.5) is 0 Å². The Bertz CT molecular complexity index is 705. The monoisotopic (exact) mass is 317 g/mol. The second kappa shape index (κ2) is 6.16. The number of amides is 1. The number of nitrogens with zero attached hydrogens (tertiary/aromatic N) is 4. The Balaban J connectivity index is 1.86. The summed E-state index contributed by atoms with van der Waals surface area (Å²) >= 11 is 0. The maximum absolute atomic E-state index is 12.9. The average molecular weight is 317 g/mol. The molecule has 1 aliphatic heterocycles. The zero-order valence-electron chi connectivity index (χ0n) is 14.0. The molecule has 1 aliphatic rings. The molecule has 7 heteroatoms. The molecule has 3 heterocycles. The summed E-state index contributed by atoms with van der Waals surface area (Å²) in [7, 11) is 1.93. The summed E-state index contributed by atoms with van der Waals surface area (Å²) in [5.74, 6) is 0.795. The van der Waals surface area contributed by atoms with Gasteiger partial charge in [-0.1, -0.05) is 0 Å². The Morgan fingerprint density at radius 3 is 2.96 bits per heavy atom. The molecule has 124 valence electrons. The molecule has 2 atom stereocenters. The molecule has 0 fully saturated rings. The van der Waals surface area contributed by atoms with Crippen LogP contribution in [0.15, 0.2) is 12.4 Å². The van der Waals surface area contributed by atoms with E-state index >= 15 is 0 Å². The van der Waals surface area contributed by atoms with Gasteiger partial charge in [0.05, 0.1) is 24.4 Å². The van der Waals surface area contributed by atoms with Gasteiger partial charge in [0.2, 0.25) is 0 Å². The van der Waals surface area contributed by atoms with Crippen molar-refractivity contribution < 1.29 is 9.53 Å². The highest BCUT2D eigenvalue weighted by atomic mass is 16.5. The van der Waals surface area contributed by atoms with Gasteiger partial charge in [0, 0.05) is 38.0 Å². The van der Waals surface area contributed by atoms with Gasteiger partial charge in [-0.15, -0.1) is 0 Å². The standard InChI is InChI=1S/C16H23N5O2/c1-5-21(9-13-17-6-7-20(13)4)16(22)15-12-8-10(2)23-11(3)14(12)18-19-15/h6-7,10-11H,5,8-9H2,1-4H3,(H,18,19)/t10-,11+/m0/s1. The summed E-state index contributed by atoms with van der Waals surface area (Å²) in [6.07, 6.45) is 4.35. The highest BCUT2D eigenvalue weighted by Crippen LogP contribution is 2.30. The largest absolute Gasteiger partial charge is 0.369 e. The first kappa shape index (κ1) is 15.7. The molecule has 23 heavy (non-hydrogen) atoms. The van der Waals surface area contributed by atoms with E-state index in [1.807, 2.05) is 38.6 Å². The van der Waals surface area contributed by atoms with Crippen molar-refractivity contribution in [1.82, 2.24) is 24.6 Å². The summed E-state index contributed by atoms with van der Waals surface area (Å²) in [5, 5.41) is 7.26. The number of aromatic amines is 1. The number of carbonyl (C=O) groups is 1. The van der Waals surface area contributed by atoms with Gasteiger partial charge in [0.15, 0.2) is 5.69 Å². The molecule has 0 aliphatic carbocycles. The summed E-state index contributed by atoms with van der Waals surface area (Å²) in [4.78, 5) is 19.0. The third-order valence-electron chi connectivity index (χ3n) is 4.36. The number of H-pyrrole nitrogens is 1. The van der Waals surface area contributed by atoms with E-state index in [9.17, 15) is 4.79 Å². The number of aryl methyl sites for hydroxylation is 1. The van der Waals surface area contributed by atoms with Crippen LogP contribution in [0, 0.1) is 0 Å². The summed E-state index contributed by atoms with van der Waals surface area (Å²) in [6.45, 7) is 7.05. The fraction of sp³-hybridized carbons (Fsp3) is 0.562. The van der Waals surface area contributed by atoms with Gasteiger partial charge in [0.25, 0.3) is 5.91 Å². The maximum atomic E-state index is 12.9. The van der Waals surface area contributed by atoms with Gasteiger partial charge in [-0.2, -0.15) is 5.10 Å². The van der Waals surface area contributed by atoms with Crippen molar-refractivity contribution in [1.29, 1.82) is 0 Å². The van der Waals surface area contributed by atoms with Gasteiger partial charge >= 0.3 is 0 Å². The molecular formula is C16H23N5O2. The lowest BCUT2D eigenvalue weighted by atomic mass is 9.99. The Morgan fingerprint density at radius 1 is 1.52 bits per heavy atom. The Morgan fingerprint density at radius 2 is 2.30 bits per heavy atom. The van der Waals surface area contributed by atoms with Crippen LogP contribution in [0.1, 0.15) is 54.4 Å². The van der Waals surface area contributed by atoms with Crippen LogP contribution in [-0.2, 0) is 24.8 Å². The molecule has 0 aromatic carbocycles. The quantitative estimate of drug-likeness (QED) is 0.933. The smallest absolute Gasteiger partial charge is 0.275 e. The van der Waals surface area contributed by atoms with Gasteiger partial charge < -0.3 is 14.2 Å². The second-order valence-electron chi connectivity index (χ2n) is 6.03. The highest BCUT2D eigenvalue weighted by molar-refractivity contribution is 5.94. The lowest BCUT2D eigenvalue weighted by Crippen LogP contribution is -2.33. The first-order valence-corrected chi connectivity index (χ1v) is 7.99. The van der Waals surface area contributed by atoms with Crippen LogP contribution in [0.2, 0.25) is 0 Å². The number of ether oxygens (including phenoxy) is 1. The predicted octanol–water partition coefficient (Wildman–Crippen LogP) is 1.83. The van der Waals surface area contributed by atoms with Crippen molar-refractivity contribution in [2.75, 3.05) is 6.54 Å². The number of fused-ring (bicyclic) bond motifs is 1. The Hall–Kier alpha value is -2.15. The van der Waals surface area contributed by atoms with E-state index in [0.717, 1.165) is 17.1 Å². The van der Waals surface area contributed by atoms with Crippen LogP contribution in [0.25, 0.3) is 0 Å². The first-order valence-electron chi connectivity index (χ1n) is 7.99. The van der Waals surface area contributed by atoms with E-state index in [0.29, 0.717) is 25.2 Å². The minimum absolute atomic E-state index is 0.0608. The fourth-order valence-corrected chi connectivity index (χ4v) is 3.05. The number of rotatable bonds is 4. The molecule has 1 amide bonds. The third-order valence-corrected chi connectivity index (χ3v) is 4.36. The number of nitrogens with one attached hydrogen (secondary N) is 1. The number of hydrogen-bond donors (Lipinski definition) is 1. The van der Waals surface area contributed by atoms with E-state index in [4.69, 9.17) is 4.74 Å². The van der Waals surface area contributed by atoms with Crippen LogP contribution in [-0.4, -0.2) is 43.2 Å². The van der Waals surface area contributed by atoms with E-state index in [1.54, 1.807) is 11.1 Å². The third kappa shape index (κ3) is 2.88. The molecule has 0 saturated carbocycles. The normalized spacial score (nSPS) is 20.3. The van der Waals surface area contributed by atoms with E-state index in [2.05, 4.69) is 15.2 Å². The SMILES string of the molecule is CCN(Cc1nccn1C)C(=O)c1n[nH]c2c1C[C@H](C)O[C@@H]2C. The van der Waals surface area contributed by atoms with Gasteiger partial charge in [0.1, 0.15) is 5.82 Å². The molecule has 0 saturated heterocycles. The van der Waals surface area contributed by atoms with Crippen LogP contribution in [0.5, 0.6) is 0 Å². The summed E-state index contributed by atoms with van der Waals surface area (Å²) < 4.78 is 7.71.